The van der Waals surface area contributed by atoms with Crippen LogP contribution in [0.15, 0.2) is 12.2 Å². The number of carbonyl (C=O) groups is 1. The average molecular weight is 460 g/mol. The molecule has 0 bridgehead atoms. The minimum Gasteiger partial charge on any atom is -0.466 e. The van der Waals surface area contributed by atoms with Gasteiger partial charge in [-0.25, -0.2) is 8.82 Å². The lowest BCUT2D eigenvalue weighted by molar-refractivity contribution is -0.143. The van der Waals surface area contributed by atoms with Crippen LogP contribution in [0, 0.1) is 11.8 Å². The number of ether oxygens (including phenoxy) is 1. The third-order valence-electron chi connectivity index (χ3n) is 6.06. The van der Waals surface area contributed by atoms with Gasteiger partial charge < -0.3 is 14.9 Å². The molecule has 1 aliphatic carbocycles. The number of allylic oxidation sites excluding steroid dienone is 2. The van der Waals surface area contributed by atoms with Crippen molar-refractivity contribution in [1.82, 2.24) is 0 Å². The summed E-state index contributed by atoms with van der Waals surface area (Å²) in [6.45, 7) is 8.31. The summed E-state index contributed by atoms with van der Waals surface area (Å²) in [6.07, 6.45) is 8.14. The van der Waals surface area contributed by atoms with Crippen molar-refractivity contribution in [2.45, 2.75) is 116 Å². The van der Waals surface area contributed by atoms with Gasteiger partial charge in [0, 0.05) is 6.42 Å². The van der Waals surface area contributed by atoms with E-state index in [0.717, 1.165) is 25.7 Å². The fourth-order valence-corrected chi connectivity index (χ4v) is 5.30. The van der Waals surface area contributed by atoms with Crippen molar-refractivity contribution in [2.24, 2.45) is 11.8 Å². The molecule has 1 rings (SSSR count). The van der Waals surface area contributed by atoms with E-state index in [1.807, 2.05) is 25.2 Å². The molecule has 1 aliphatic rings. The average Bonchev–Trinajstić information content (AvgIpc) is 2.98. The maximum atomic E-state index is 14.7. The molecule has 0 aromatic rings. The van der Waals surface area contributed by atoms with Crippen LogP contribution in [0.2, 0.25) is 13.1 Å². The van der Waals surface area contributed by atoms with Crippen LogP contribution in [0.5, 0.6) is 0 Å². The van der Waals surface area contributed by atoms with E-state index in [9.17, 15) is 19.4 Å². The van der Waals surface area contributed by atoms with Crippen molar-refractivity contribution < 1.29 is 28.6 Å². The van der Waals surface area contributed by atoms with E-state index in [1.54, 1.807) is 6.92 Å². The Morgan fingerprint density at radius 3 is 2.48 bits per heavy atom. The van der Waals surface area contributed by atoms with Crippen molar-refractivity contribution in [3.05, 3.63) is 12.2 Å². The Hall–Kier alpha value is -0.763. The number of alkyl halides is 1. The fraction of sp³-hybridized carbons (Fsp3) is 0.875. The van der Waals surface area contributed by atoms with Gasteiger partial charge in [-0.2, -0.15) is 0 Å². The molecule has 180 valence electrons. The van der Waals surface area contributed by atoms with Gasteiger partial charge in [-0.15, -0.1) is 0 Å². The van der Waals surface area contributed by atoms with Crippen molar-refractivity contribution in [3.8, 4) is 0 Å². The van der Waals surface area contributed by atoms with E-state index in [1.165, 1.54) is 0 Å². The maximum absolute atomic E-state index is 14.7. The minimum absolute atomic E-state index is 0.0290. The van der Waals surface area contributed by atoms with Crippen LogP contribution < -0.4 is 0 Å². The molecule has 31 heavy (non-hydrogen) atoms. The van der Waals surface area contributed by atoms with Gasteiger partial charge in [0.1, 0.15) is 12.3 Å². The summed E-state index contributed by atoms with van der Waals surface area (Å²) in [7, 11) is -1.01. The lowest BCUT2D eigenvalue weighted by Gasteiger charge is -2.25. The molecule has 0 aromatic heterocycles. The van der Waals surface area contributed by atoms with Gasteiger partial charge in [-0.05, 0) is 63.7 Å². The topological polar surface area (TPSA) is 76.0 Å². The molecule has 0 spiro atoms. The quantitative estimate of drug-likeness (QED) is 0.147. The maximum Gasteiger partial charge on any atom is 0.467 e. The number of carbonyl (C=O) groups excluding carboxylic acids is 1. The van der Waals surface area contributed by atoms with E-state index < -0.39 is 33.5 Å². The van der Waals surface area contributed by atoms with Gasteiger partial charge in [0.05, 0.1) is 31.9 Å². The van der Waals surface area contributed by atoms with Crippen molar-refractivity contribution >= 4 is 15.0 Å². The van der Waals surface area contributed by atoms with Crippen LogP contribution in [-0.2, 0) is 14.0 Å². The van der Waals surface area contributed by atoms with E-state index in [-0.39, 0.29) is 17.8 Å². The lowest BCUT2D eigenvalue weighted by atomic mass is 9.85. The van der Waals surface area contributed by atoms with Gasteiger partial charge >= 0.3 is 15.0 Å². The summed E-state index contributed by atoms with van der Waals surface area (Å²) in [5.74, 6) is -0.248. The normalized spacial score (nSPS) is 25.6. The van der Waals surface area contributed by atoms with Crippen LogP contribution in [0.1, 0.15) is 78.1 Å². The Kier molecular flexibility index (Phi) is 14.5. The summed E-state index contributed by atoms with van der Waals surface area (Å²) in [6, 6.07) is 0. The van der Waals surface area contributed by atoms with Gasteiger partial charge in [-0.1, -0.05) is 31.9 Å². The molecule has 0 radical (unpaired) electrons. The van der Waals surface area contributed by atoms with Crippen LogP contribution >= 0.6 is 0 Å². The molecular formula is C24H44FO5Si+. The molecule has 0 aromatic carbocycles. The Bertz CT molecular complexity index is 516. The number of esters is 1. The van der Waals surface area contributed by atoms with Gasteiger partial charge in [-0.3, -0.25) is 4.79 Å². The molecule has 1 fully saturated rings. The number of unbranched alkanes of at least 4 members (excludes halogenated alkanes) is 2. The largest absolute Gasteiger partial charge is 0.467 e. The SMILES string of the molecule is CCCCC(F)C(CC[C@H]1C(O)CC(O)C1C/C=C\CCCC(=O)OCC)O[Si+](C)C. The van der Waals surface area contributed by atoms with Crippen LogP contribution in [0.4, 0.5) is 4.39 Å². The van der Waals surface area contributed by atoms with Crippen LogP contribution in [0.25, 0.3) is 0 Å². The predicted octanol–water partition coefficient (Wildman–Crippen LogP) is 4.97. The van der Waals surface area contributed by atoms with Gasteiger partial charge in [0.25, 0.3) is 0 Å². The summed E-state index contributed by atoms with van der Waals surface area (Å²) in [5.41, 5.74) is 0. The molecule has 0 aliphatic heterocycles. The molecule has 0 saturated heterocycles. The first-order valence-electron chi connectivity index (χ1n) is 12.1. The van der Waals surface area contributed by atoms with Crippen LogP contribution in [0.3, 0.4) is 0 Å². The molecule has 1 saturated carbocycles. The highest BCUT2D eigenvalue weighted by molar-refractivity contribution is 6.48. The first-order chi connectivity index (χ1) is 14.8. The first kappa shape index (κ1) is 28.3. The van der Waals surface area contributed by atoms with Crippen molar-refractivity contribution in [2.75, 3.05) is 6.61 Å². The molecule has 6 atom stereocenters. The van der Waals surface area contributed by atoms with Gasteiger partial charge in [0.15, 0.2) is 0 Å². The smallest absolute Gasteiger partial charge is 0.466 e. The van der Waals surface area contributed by atoms with E-state index in [2.05, 4.69) is 6.92 Å². The zero-order valence-electron chi connectivity index (χ0n) is 19.9. The highest BCUT2D eigenvalue weighted by atomic mass is 28.3. The number of rotatable bonds is 16. The lowest BCUT2D eigenvalue weighted by Crippen LogP contribution is -2.32. The third-order valence-corrected chi connectivity index (χ3v) is 6.84. The second-order valence-electron chi connectivity index (χ2n) is 8.90. The number of hydrogen-bond acceptors (Lipinski definition) is 5. The van der Waals surface area contributed by atoms with E-state index in [0.29, 0.717) is 45.1 Å². The Balaban J connectivity index is 2.55. The molecule has 5 unspecified atom stereocenters. The first-order valence-corrected chi connectivity index (χ1v) is 14.5. The monoisotopic (exact) mass is 459 g/mol. The second kappa shape index (κ2) is 15.9. The molecule has 0 heterocycles. The second-order valence-corrected chi connectivity index (χ2v) is 11.0. The zero-order chi connectivity index (χ0) is 23.2. The molecule has 2 N–H and O–H groups in total. The number of aliphatic hydroxyl groups is 2. The highest BCUT2D eigenvalue weighted by Gasteiger charge is 2.41. The number of halogens is 1. The van der Waals surface area contributed by atoms with Gasteiger partial charge in [0.2, 0.25) is 0 Å². The Morgan fingerprint density at radius 1 is 1.13 bits per heavy atom. The molecule has 0 amide bonds. The molecular weight excluding hydrogens is 415 g/mol. The fourth-order valence-electron chi connectivity index (χ4n) is 4.43. The highest BCUT2D eigenvalue weighted by Crippen LogP contribution is 2.39. The summed E-state index contributed by atoms with van der Waals surface area (Å²) < 4.78 is 25.6. The summed E-state index contributed by atoms with van der Waals surface area (Å²) >= 11 is 0. The standard InChI is InChI=1S/C24H44FO5Si/c1-5-7-13-20(25)23(30-31(3)4)16-15-19-18(21(26)17-22(19)27)12-10-8-9-11-14-24(28)29-6-2/h8,10,18-23,26-27H,5-7,9,11-17H2,1-4H3/q+1/b10-8-/t18?,19-,20?,21?,22?,23?/m1/s1. The summed E-state index contributed by atoms with van der Waals surface area (Å²) in [4.78, 5) is 11.4. The summed E-state index contributed by atoms with van der Waals surface area (Å²) in [5, 5.41) is 20.9. The van der Waals surface area contributed by atoms with E-state index >= 15 is 0 Å². The Labute approximate surface area is 190 Å². The zero-order valence-corrected chi connectivity index (χ0v) is 20.9. The third kappa shape index (κ3) is 11.1. The number of aliphatic hydroxyl groups excluding tert-OH is 2. The Morgan fingerprint density at radius 2 is 1.84 bits per heavy atom. The molecule has 5 nitrogen and oxygen atoms in total. The minimum atomic E-state index is -1.01. The van der Waals surface area contributed by atoms with Crippen molar-refractivity contribution in [3.63, 3.8) is 0 Å². The predicted molar refractivity (Wildman–Crippen MR) is 124 cm³/mol. The van der Waals surface area contributed by atoms with Crippen LogP contribution in [-0.4, -0.2) is 56.3 Å². The van der Waals surface area contributed by atoms with E-state index in [4.69, 9.17) is 9.16 Å². The molecule has 7 heteroatoms. The van der Waals surface area contributed by atoms with Crippen molar-refractivity contribution in [1.29, 1.82) is 0 Å². The number of hydrogen-bond donors (Lipinski definition) is 2.